The van der Waals surface area contributed by atoms with Gasteiger partial charge in [-0.2, -0.15) is 9.97 Å². The number of nitrogens with one attached hydrogen (secondary N) is 1. The van der Waals surface area contributed by atoms with Crippen molar-refractivity contribution in [3.8, 4) is 29.6 Å². The van der Waals surface area contributed by atoms with E-state index in [0.29, 0.717) is 47.4 Å². The average molecular weight is 567 g/mol. The monoisotopic (exact) mass is 566 g/mol. The fourth-order valence-corrected chi connectivity index (χ4v) is 7.79. The van der Waals surface area contributed by atoms with Crippen LogP contribution < -0.4 is 15.0 Å². The van der Waals surface area contributed by atoms with E-state index in [-0.39, 0.29) is 29.4 Å². The van der Waals surface area contributed by atoms with Crippen molar-refractivity contribution in [1.29, 1.82) is 0 Å². The van der Waals surface area contributed by atoms with Gasteiger partial charge in [0.1, 0.15) is 29.8 Å². The summed E-state index contributed by atoms with van der Waals surface area (Å²) < 4.78 is 37.4. The van der Waals surface area contributed by atoms with Crippen molar-refractivity contribution in [3.63, 3.8) is 0 Å². The molecule has 0 radical (unpaired) electrons. The number of anilines is 1. The molecule has 0 amide bonds. The second-order valence-corrected chi connectivity index (χ2v) is 12.3. The number of halogens is 2. The third kappa shape index (κ3) is 4.11. The first kappa shape index (κ1) is 25.8. The Balaban J connectivity index is 1.25. The van der Waals surface area contributed by atoms with Crippen molar-refractivity contribution < 1.29 is 13.5 Å². The second kappa shape index (κ2) is 9.85. The molecular weight excluding hydrogens is 534 g/mol. The van der Waals surface area contributed by atoms with E-state index < -0.39 is 12.0 Å². The van der Waals surface area contributed by atoms with Gasteiger partial charge in [-0.1, -0.05) is 36.3 Å². The summed E-state index contributed by atoms with van der Waals surface area (Å²) in [7, 11) is 0. The van der Waals surface area contributed by atoms with Crippen molar-refractivity contribution in [3.05, 3.63) is 54.0 Å². The minimum absolute atomic E-state index is 0.116. The maximum absolute atomic E-state index is 16.7. The predicted molar refractivity (Wildman–Crippen MR) is 159 cm³/mol. The van der Waals surface area contributed by atoms with Gasteiger partial charge < -0.3 is 15.0 Å². The molecule has 4 fully saturated rings. The smallest absolute Gasteiger partial charge is 0.319 e. The van der Waals surface area contributed by atoms with E-state index >= 15 is 4.39 Å². The van der Waals surface area contributed by atoms with Gasteiger partial charge in [0.05, 0.1) is 10.9 Å². The van der Waals surface area contributed by atoms with E-state index in [2.05, 4.69) is 31.0 Å². The van der Waals surface area contributed by atoms with Crippen molar-refractivity contribution in [2.45, 2.75) is 55.9 Å². The first-order valence-corrected chi connectivity index (χ1v) is 14.9. The molecular formula is C33H32F2N6O. The molecule has 8 rings (SSSR count). The topological polar surface area (TPSA) is 66.4 Å². The predicted octanol–water partition coefficient (Wildman–Crippen LogP) is 4.86. The van der Waals surface area contributed by atoms with Crippen LogP contribution >= 0.6 is 0 Å². The SMILES string of the molecule is C#Cc1cccc2cccc(-c3ncc4c(N5C[C@H]6CC[C@@H](C5)N6)nc(OC[C@]56CCCN5C[C@@H](F)C6)nc4c3F)c12. The van der Waals surface area contributed by atoms with E-state index in [1.165, 1.54) is 0 Å². The second-order valence-electron chi connectivity index (χ2n) is 12.3. The van der Waals surface area contributed by atoms with Crippen LogP contribution in [0.1, 0.15) is 37.7 Å². The lowest BCUT2D eigenvalue weighted by atomic mass is 9.95. The molecule has 4 aromatic rings. The zero-order valence-corrected chi connectivity index (χ0v) is 23.3. The number of pyridine rings is 1. The van der Waals surface area contributed by atoms with Gasteiger partial charge in [-0.05, 0) is 43.7 Å². The summed E-state index contributed by atoms with van der Waals surface area (Å²) in [5, 5.41) is 5.89. The molecule has 6 heterocycles. The summed E-state index contributed by atoms with van der Waals surface area (Å²) in [5.41, 5.74) is 1.28. The molecule has 4 atom stereocenters. The number of hydrogen-bond acceptors (Lipinski definition) is 7. The minimum Gasteiger partial charge on any atom is -0.461 e. The standard InChI is InChI=1S/C33H32F2N6O/c1-2-20-6-3-7-21-8-4-9-25(27(20)21)29-28(35)30-26(15-36-29)31(40-17-23-10-11-24(18-40)37-23)39-32(38-30)42-19-33-12-5-13-41(33)16-22(34)14-33/h1,3-4,6-9,15,22-24,37H,5,10-14,16-19H2/t22-,23-,24+,33+/m0/s1. The first-order chi connectivity index (χ1) is 20.5. The van der Waals surface area contributed by atoms with Gasteiger partial charge in [0.2, 0.25) is 0 Å². The molecule has 7 nitrogen and oxygen atoms in total. The molecule has 1 N–H and O–H groups in total. The molecule has 42 heavy (non-hydrogen) atoms. The number of rotatable bonds is 5. The molecule has 4 aliphatic heterocycles. The molecule has 0 unspecified atom stereocenters. The number of nitrogens with zero attached hydrogens (tertiary/aromatic N) is 5. The Hall–Kier alpha value is -3.87. The van der Waals surface area contributed by atoms with Gasteiger partial charge in [0.25, 0.3) is 0 Å². The Morgan fingerprint density at radius 1 is 1.10 bits per heavy atom. The zero-order valence-electron chi connectivity index (χ0n) is 23.3. The number of terminal acetylenes is 1. The van der Waals surface area contributed by atoms with E-state index in [4.69, 9.17) is 16.1 Å². The van der Waals surface area contributed by atoms with Gasteiger partial charge >= 0.3 is 6.01 Å². The van der Waals surface area contributed by atoms with E-state index in [9.17, 15) is 4.39 Å². The summed E-state index contributed by atoms with van der Waals surface area (Å²) in [5.74, 6) is 2.83. The minimum atomic E-state index is -0.863. The number of fused-ring (bicyclic) bond motifs is 5. The maximum Gasteiger partial charge on any atom is 0.319 e. The molecule has 0 saturated carbocycles. The molecule has 0 spiro atoms. The number of benzene rings is 2. The number of ether oxygens (including phenoxy) is 1. The Labute approximate surface area is 243 Å². The van der Waals surface area contributed by atoms with Crippen LogP contribution in [0.5, 0.6) is 6.01 Å². The normalized spacial score (nSPS) is 27.1. The summed E-state index contributed by atoms with van der Waals surface area (Å²) in [6, 6.07) is 12.2. The number of piperazine rings is 1. The molecule has 2 aromatic heterocycles. The molecule has 214 valence electrons. The van der Waals surface area contributed by atoms with Gasteiger partial charge in [-0.15, -0.1) is 6.42 Å². The molecule has 4 saturated heterocycles. The summed E-state index contributed by atoms with van der Waals surface area (Å²) in [6.07, 6.45) is 11.2. The highest BCUT2D eigenvalue weighted by molar-refractivity contribution is 6.02. The van der Waals surface area contributed by atoms with Gasteiger partial charge in [-0.25, -0.2) is 8.78 Å². The Kier molecular flexibility index (Phi) is 6.06. The van der Waals surface area contributed by atoms with Gasteiger partial charge in [-0.3, -0.25) is 9.88 Å². The van der Waals surface area contributed by atoms with E-state index in [1.807, 2.05) is 36.4 Å². The quantitative estimate of drug-likeness (QED) is 0.346. The lowest BCUT2D eigenvalue weighted by molar-refractivity contribution is 0.107. The van der Waals surface area contributed by atoms with Crippen molar-refractivity contribution >= 4 is 27.5 Å². The largest absolute Gasteiger partial charge is 0.461 e. The van der Waals surface area contributed by atoms with E-state index in [1.54, 1.807) is 6.20 Å². The molecule has 9 heteroatoms. The van der Waals surface area contributed by atoms with Gasteiger partial charge in [0.15, 0.2) is 5.82 Å². The van der Waals surface area contributed by atoms with Crippen molar-refractivity contribution in [2.75, 3.05) is 37.7 Å². The fourth-order valence-electron chi connectivity index (χ4n) is 7.79. The average Bonchev–Trinajstić information content (AvgIpc) is 3.65. The Bertz CT molecular complexity index is 1740. The van der Waals surface area contributed by atoms with Crippen molar-refractivity contribution in [2.24, 2.45) is 0 Å². The van der Waals surface area contributed by atoms with E-state index in [0.717, 1.165) is 56.1 Å². The first-order valence-electron chi connectivity index (χ1n) is 14.9. The van der Waals surface area contributed by atoms with Crippen LogP contribution in [-0.4, -0.2) is 76.4 Å². The lowest BCUT2D eigenvalue weighted by Gasteiger charge is -2.34. The fraction of sp³-hybridized carbons (Fsp3) is 0.424. The summed E-state index contributed by atoms with van der Waals surface area (Å²) in [4.78, 5) is 18.5. The van der Waals surface area contributed by atoms with Crippen LogP contribution in [0.25, 0.3) is 32.9 Å². The third-order valence-corrected chi connectivity index (χ3v) is 9.71. The van der Waals surface area contributed by atoms with Gasteiger partial charge in [0, 0.05) is 60.8 Å². The molecule has 4 aliphatic rings. The highest BCUT2D eigenvalue weighted by Gasteiger charge is 2.49. The molecule has 0 aliphatic carbocycles. The lowest BCUT2D eigenvalue weighted by Crippen LogP contribution is -2.51. The molecule has 2 aromatic carbocycles. The number of hydrogen-bond donors (Lipinski definition) is 1. The van der Waals surface area contributed by atoms with Crippen LogP contribution in [0.15, 0.2) is 42.6 Å². The zero-order chi connectivity index (χ0) is 28.4. The highest BCUT2D eigenvalue weighted by atomic mass is 19.1. The van der Waals surface area contributed by atoms with Crippen LogP contribution in [0.4, 0.5) is 14.6 Å². The highest BCUT2D eigenvalue weighted by Crippen LogP contribution is 2.41. The number of alkyl halides is 1. The number of aromatic nitrogens is 3. The third-order valence-electron chi connectivity index (χ3n) is 9.71. The summed E-state index contributed by atoms with van der Waals surface area (Å²) in [6.45, 7) is 3.11. The van der Waals surface area contributed by atoms with Crippen LogP contribution in [-0.2, 0) is 0 Å². The van der Waals surface area contributed by atoms with Crippen LogP contribution in [0.3, 0.4) is 0 Å². The Morgan fingerprint density at radius 2 is 1.90 bits per heavy atom. The van der Waals surface area contributed by atoms with Crippen molar-refractivity contribution in [1.82, 2.24) is 25.2 Å². The van der Waals surface area contributed by atoms with Crippen LogP contribution in [0, 0.1) is 18.2 Å². The van der Waals surface area contributed by atoms with Crippen LogP contribution in [0.2, 0.25) is 0 Å². The molecule has 2 bridgehead atoms. The maximum atomic E-state index is 16.7. The summed E-state index contributed by atoms with van der Waals surface area (Å²) >= 11 is 0. The Morgan fingerprint density at radius 3 is 2.71 bits per heavy atom.